The summed E-state index contributed by atoms with van der Waals surface area (Å²) in [4.78, 5) is 37.6. The minimum atomic E-state index is -1.23. The number of carbonyl (C=O) groups is 3. The van der Waals surface area contributed by atoms with Crippen molar-refractivity contribution in [3.05, 3.63) is 59.7 Å². The fourth-order valence-electron chi connectivity index (χ4n) is 3.22. The molecule has 30 heavy (non-hydrogen) atoms. The van der Waals surface area contributed by atoms with Gasteiger partial charge in [0.15, 0.2) is 5.78 Å². The van der Waals surface area contributed by atoms with Crippen LogP contribution in [0.15, 0.2) is 48.5 Å². The highest BCUT2D eigenvalue weighted by Gasteiger charge is 2.49. The van der Waals surface area contributed by atoms with Crippen molar-refractivity contribution < 1.29 is 29.0 Å². The Hall–Kier alpha value is -3.39. The van der Waals surface area contributed by atoms with Gasteiger partial charge in [0.25, 0.3) is 5.91 Å². The van der Waals surface area contributed by atoms with E-state index in [1.165, 1.54) is 6.92 Å². The van der Waals surface area contributed by atoms with Gasteiger partial charge in [0.1, 0.15) is 29.7 Å². The molecule has 1 heterocycles. The van der Waals surface area contributed by atoms with E-state index in [9.17, 15) is 19.5 Å². The summed E-state index contributed by atoms with van der Waals surface area (Å²) in [6, 6.07) is 12.8. The monoisotopic (exact) mass is 412 g/mol. The highest BCUT2D eigenvalue weighted by atomic mass is 16.5. The lowest BCUT2D eigenvalue weighted by Crippen LogP contribution is -2.42. The summed E-state index contributed by atoms with van der Waals surface area (Å²) in [7, 11) is 1.54. The van der Waals surface area contributed by atoms with Crippen molar-refractivity contribution in [2.75, 3.05) is 20.3 Å². The van der Waals surface area contributed by atoms with Crippen LogP contribution < -0.4 is 14.8 Å². The van der Waals surface area contributed by atoms with Crippen LogP contribution in [-0.4, -0.2) is 54.1 Å². The van der Waals surface area contributed by atoms with E-state index < -0.39 is 23.6 Å². The number of rotatable bonds is 8. The molecule has 1 saturated heterocycles. The van der Waals surface area contributed by atoms with E-state index in [0.29, 0.717) is 22.6 Å². The third kappa shape index (κ3) is 4.28. The topological polar surface area (TPSA) is 105 Å². The molecular weight excluding hydrogens is 388 g/mol. The minimum absolute atomic E-state index is 0.0555. The fourth-order valence-corrected chi connectivity index (χ4v) is 3.22. The number of hydrogen-bond donors (Lipinski definition) is 2. The molecule has 0 unspecified atom stereocenters. The number of amides is 3. The summed E-state index contributed by atoms with van der Waals surface area (Å²) >= 11 is 0. The molecule has 2 aromatic carbocycles. The van der Waals surface area contributed by atoms with Crippen molar-refractivity contribution in [3.63, 3.8) is 0 Å². The average molecular weight is 412 g/mol. The zero-order chi connectivity index (χ0) is 21.9. The number of nitrogens with zero attached hydrogens (tertiary/aromatic N) is 1. The molecule has 2 aromatic rings. The molecule has 0 aliphatic carbocycles. The molecule has 0 spiro atoms. The summed E-state index contributed by atoms with van der Waals surface area (Å²) in [6.45, 7) is 2.77. The van der Waals surface area contributed by atoms with E-state index in [2.05, 4.69) is 5.32 Å². The SMILES string of the molecule is COc1ccc([C@@]2(C)NC(=O)N(C[C@@H](O)COc3ccc(C(C)=O)cc3)C2=O)cc1. The van der Waals surface area contributed by atoms with Crippen LogP contribution in [0.5, 0.6) is 11.5 Å². The van der Waals surface area contributed by atoms with Crippen LogP contribution >= 0.6 is 0 Å². The molecule has 0 saturated carbocycles. The van der Waals surface area contributed by atoms with Gasteiger partial charge in [-0.05, 0) is 55.8 Å². The Morgan fingerprint density at radius 2 is 1.70 bits per heavy atom. The third-order valence-electron chi connectivity index (χ3n) is 5.04. The first kappa shape index (κ1) is 21.3. The molecule has 0 bridgehead atoms. The van der Waals surface area contributed by atoms with Crippen LogP contribution in [0.2, 0.25) is 0 Å². The molecule has 158 valence electrons. The van der Waals surface area contributed by atoms with E-state index >= 15 is 0 Å². The number of methoxy groups -OCH3 is 1. The third-order valence-corrected chi connectivity index (χ3v) is 5.04. The highest BCUT2D eigenvalue weighted by molar-refractivity contribution is 6.07. The molecule has 0 radical (unpaired) electrons. The lowest BCUT2D eigenvalue weighted by molar-refractivity contribution is -0.132. The number of hydrogen-bond acceptors (Lipinski definition) is 6. The molecule has 2 atom stereocenters. The lowest BCUT2D eigenvalue weighted by atomic mass is 9.92. The number of aliphatic hydroxyl groups excluding tert-OH is 1. The Labute approximate surface area is 174 Å². The molecule has 8 nitrogen and oxygen atoms in total. The van der Waals surface area contributed by atoms with Gasteiger partial charge in [-0.15, -0.1) is 0 Å². The van der Waals surface area contributed by atoms with Crippen LogP contribution in [0.1, 0.15) is 29.8 Å². The van der Waals surface area contributed by atoms with Crippen LogP contribution in [0.3, 0.4) is 0 Å². The normalized spacial score (nSPS) is 19.4. The van der Waals surface area contributed by atoms with Gasteiger partial charge in [-0.3, -0.25) is 14.5 Å². The number of Topliss-reactive ketones (excluding diaryl/α,β-unsaturated/α-hetero) is 1. The van der Waals surface area contributed by atoms with Crippen LogP contribution in [0, 0.1) is 0 Å². The van der Waals surface area contributed by atoms with Gasteiger partial charge in [-0.1, -0.05) is 12.1 Å². The first-order valence-corrected chi connectivity index (χ1v) is 9.45. The Morgan fingerprint density at radius 1 is 1.10 bits per heavy atom. The lowest BCUT2D eigenvalue weighted by Gasteiger charge is -2.23. The largest absolute Gasteiger partial charge is 0.497 e. The van der Waals surface area contributed by atoms with Gasteiger partial charge in [-0.25, -0.2) is 4.79 Å². The zero-order valence-electron chi connectivity index (χ0n) is 17.0. The number of ketones is 1. The molecule has 1 fully saturated rings. The molecule has 3 rings (SSSR count). The number of carbonyl (C=O) groups excluding carboxylic acids is 3. The summed E-state index contributed by atoms with van der Waals surface area (Å²) in [5, 5.41) is 13.0. The maximum Gasteiger partial charge on any atom is 0.325 e. The molecular formula is C22H24N2O6. The van der Waals surface area contributed by atoms with E-state index in [4.69, 9.17) is 9.47 Å². The van der Waals surface area contributed by atoms with Crippen molar-refractivity contribution in [1.29, 1.82) is 0 Å². The minimum Gasteiger partial charge on any atom is -0.497 e. The molecule has 2 N–H and O–H groups in total. The predicted octanol–water partition coefficient (Wildman–Crippen LogP) is 2.10. The molecule has 1 aliphatic heterocycles. The maximum atomic E-state index is 12.9. The van der Waals surface area contributed by atoms with Gasteiger partial charge in [0.05, 0.1) is 13.7 Å². The second kappa shape index (κ2) is 8.54. The number of benzene rings is 2. The number of nitrogens with one attached hydrogen (secondary N) is 1. The Kier molecular flexibility index (Phi) is 6.07. The summed E-state index contributed by atoms with van der Waals surface area (Å²) in [5.41, 5.74) is -0.0626. The second-order valence-corrected chi connectivity index (χ2v) is 7.24. The smallest absolute Gasteiger partial charge is 0.325 e. The van der Waals surface area contributed by atoms with Crippen LogP contribution in [0.4, 0.5) is 4.79 Å². The maximum absolute atomic E-state index is 12.9. The summed E-state index contributed by atoms with van der Waals surface area (Å²) in [6.07, 6.45) is -1.08. The molecule has 3 amide bonds. The van der Waals surface area contributed by atoms with Gasteiger partial charge < -0.3 is 19.9 Å². The molecule has 1 aliphatic rings. The Bertz CT molecular complexity index is 941. The molecule has 0 aromatic heterocycles. The first-order chi connectivity index (χ1) is 14.2. The van der Waals surface area contributed by atoms with Crippen LogP contribution in [-0.2, 0) is 10.3 Å². The zero-order valence-corrected chi connectivity index (χ0v) is 17.0. The van der Waals surface area contributed by atoms with Crippen molar-refractivity contribution in [2.24, 2.45) is 0 Å². The Morgan fingerprint density at radius 3 is 2.27 bits per heavy atom. The van der Waals surface area contributed by atoms with Crippen LogP contribution in [0.25, 0.3) is 0 Å². The van der Waals surface area contributed by atoms with Crippen molar-refractivity contribution in [2.45, 2.75) is 25.5 Å². The number of aliphatic hydroxyl groups is 1. The van der Waals surface area contributed by atoms with E-state index in [0.717, 1.165) is 4.90 Å². The number of β-amino-alcohol motifs (C(OH)–C–C–N with tert-alkyl or cyclic N) is 1. The van der Waals surface area contributed by atoms with Gasteiger partial charge in [0.2, 0.25) is 0 Å². The standard InChI is InChI=1S/C22H24N2O6/c1-14(25)15-4-8-19(9-5-15)30-13-17(26)12-24-20(27)22(2,23-21(24)28)16-6-10-18(29-3)11-7-16/h4-11,17,26H,12-13H2,1-3H3,(H,23,28)/t17-,22-/m1/s1. The number of urea groups is 1. The fraction of sp³-hybridized carbons (Fsp3) is 0.318. The van der Waals surface area contributed by atoms with E-state index in [1.54, 1.807) is 62.6 Å². The predicted molar refractivity (Wildman–Crippen MR) is 109 cm³/mol. The van der Waals surface area contributed by atoms with Crippen molar-refractivity contribution in [3.8, 4) is 11.5 Å². The number of ether oxygens (including phenoxy) is 2. The van der Waals surface area contributed by atoms with Crippen molar-refractivity contribution >= 4 is 17.7 Å². The second-order valence-electron chi connectivity index (χ2n) is 7.24. The first-order valence-electron chi connectivity index (χ1n) is 9.45. The van der Waals surface area contributed by atoms with Gasteiger partial charge in [-0.2, -0.15) is 0 Å². The Balaban J connectivity index is 1.62. The average Bonchev–Trinajstić information content (AvgIpc) is 2.96. The quantitative estimate of drug-likeness (QED) is 0.508. The van der Waals surface area contributed by atoms with E-state index in [1.807, 2.05) is 0 Å². The van der Waals surface area contributed by atoms with Gasteiger partial charge >= 0.3 is 6.03 Å². The number of imide groups is 1. The highest BCUT2D eigenvalue weighted by Crippen LogP contribution is 2.30. The summed E-state index contributed by atoms with van der Waals surface area (Å²) in [5.74, 6) is 0.599. The van der Waals surface area contributed by atoms with E-state index in [-0.39, 0.29) is 18.9 Å². The van der Waals surface area contributed by atoms with Gasteiger partial charge in [0, 0.05) is 5.56 Å². The molecule has 8 heteroatoms. The van der Waals surface area contributed by atoms with Crippen molar-refractivity contribution in [1.82, 2.24) is 10.2 Å². The summed E-state index contributed by atoms with van der Waals surface area (Å²) < 4.78 is 10.6.